The molecule has 0 saturated carbocycles. The van der Waals surface area contributed by atoms with E-state index in [1.807, 2.05) is 41.8 Å². The Balaban J connectivity index is 0.000000945. The third kappa shape index (κ3) is 8.93. The maximum absolute atomic E-state index is 11.3. The van der Waals surface area contributed by atoms with Crippen molar-refractivity contribution in [2.75, 3.05) is 24.6 Å². The number of carbonyl (C=O) groups is 1. The number of nitrogens with two attached hydrogens (primary N) is 1. The summed E-state index contributed by atoms with van der Waals surface area (Å²) in [6.45, 7) is 9.22. The van der Waals surface area contributed by atoms with Crippen molar-refractivity contribution in [1.29, 1.82) is 0 Å². The SMILES string of the molecule is CCOc1ccc2c(c1)sc(N=Nc1ccc(N(CC)CC)cc1)[n+]2CCC(N)=O.[Cl][Zn-]([Cl])[Cl]. The molecule has 2 N–H and O–H groups in total. The first-order chi connectivity index (χ1) is 16.3. The van der Waals surface area contributed by atoms with Crippen LogP contribution in [0.15, 0.2) is 52.7 Å². The number of amides is 1. The van der Waals surface area contributed by atoms with Gasteiger partial charge in [-0.05, 0) is 73.6 Å². The van der Waals surface area contributed by atoms with E-state index >= 15 is 0 Å². The number of hydrogen-bond acceptors (Lipinski definition) is 6. The van der Waals surface area contributed by atoms with Gasteiger partial charge in [0.1, 0.15) is 23.5 Å². The zero-order chi connectivity index (χ0) is 25.1. The number of ether oxygens (including phenoxy) is 1. The van der Waals surface area contributed by atoms with Crippen molar-refractivity contribution in [1.82, 2.24) is 0 Å². The maximum atomic E-state index is 11.3. The third-order valence-electron chi connectivity index (χ3n) is 4.78. The minimum absolute atomic E-state index is 0.241. The van der Waals surface area contributed by atoms with Crippen LogP contribution < -0.4 is 19.9 Å². The summed E-state index contributed by atoms with van der Waals surface area (Å²) in [4.78, 5) is 13.6. The van der Waals surface area contributed by atoms with E-state index in [2.05, 4.69) is 41.1 Å². The molecular formula is C22H28Cl3N5O2SZn. The fourth-order valence-electron chi connectivity index (χ4n) is 3.24. The molecule has 0 bridgehead atoms. The van der Waals surface area contributed by atoms with Crippen molar-refractivity contribution in [2.45, 2.75) is 33.7 Å². The molecule has 182 valence electrons. The molecule has 1 aromatic heterocycles. The molecular weight excluding hydrogens is 570 g/mol. The van der Waals surface area contributed by atoms with Gasteiger partial charge in [0, 0.05) is 24.8 Å². The Hall–Kier alpha value is -1.51. The van der Waals surface area contributed by atoms with Crippen molar-refractivity contribution in [3.8, 4) is 5.75 Å². The Morgan fingerprint density at radius 3 is 2.29 bits per heavy atom. The number of rotatable bonds is 10. The zero-order valence-electron chi connectivity index (χ0n) is 19.5. The van der Waals surface area contributed by atoms with E-state index in [0.717, 1.165) is 34.7 Å². The second-order valence-corrected chi connectivity index (χ2v) is 21.9. The van der Waals surface area contributed by atoms with Crippen molar-refractivity contribution in [3.05, 3.63) is 42.5 Å². The van der Waals surface area contributed by atoms with Crippen LogP contribution in [0.2, 0.25) is 0 Å². The first kappa shape index (κ1) is 28.7. The average Bonchev–Trinajstić information content (AvgIpc) is 3.14. The van der Waals surface area contributed by atoms with Crippen LogP contribution in [0.3, 0.4) is 0 Å². The van der Waals surface area contributed by atoms with Crippen molar-refractivity contribution in [2.24, 2.45) is 16.0 Å². The van der Waals surface area contributed by atoms with Crippen molar-refractivity contribution < 1.29 is 27.1 Å². The Labute approximate surface area is 221 Å². The van der Waals surface area contributed by atoms with Gasteiger partial charge in [-0.2, -0.15) is 0 Å². The van der Waals surface area contributed by atoms with Crippen molar-refractivity contribution >= 4 is 73.0 Å². The monoisotopic (exact) mass is 595 g/mol. The summed E-state index contributed by atoms with van der Waals surface area (Å²) in [6, 6.07) is 13.9. The van der Waals surface area contributed by atoms with E-state index in [1.54, 1.807) is 0 Å². The van der Waals surface area contributed by atoms with Gasteiger partial charge in [0.15, 0.2) is 0 Å². The van der Waals surface area contributed by atoms with Crippen LogP contribution in [0.25, 0.3) is 10.2 Å². The minimum atomic E-state index is -2.21. The molecule has 0 saturated heterocycles. The third-order valence-corrected chi connectivity index (χ3v) is 5.81. The van der Waals surface area contributed by atoms with Crippen molar-refractivity contribution in [3.63, 3.8) is 0 Å². The first-order valence-corrected chi connectivity index (χ1v) is 23.5. The van der Waals surface area contributed by atoms with Crippen LogP contribution in [0.4, 0.5) is 16.5 Å². The molecule has 0 radical (unpaired) electrons. The molecule has 0 spiro atoms. The number of fused-ring (bicyclic) bond motifs is 1. The molecule has 1 amide bonds. The number of thiazole rings is 1. The summed E-state index contributed by atoms with van der Waals surface area (Å²) in [5.41, 5.74) is 8.29. The zero-order valence-corrected chi connectivity index (χ0v) is 25.6. The summed E-state index contributed by atoms with van der Waals surface area (Å²) in [6.07, 6.45) is 0.241. The fraction of sp³-hybridized carbons (Fsp3) is 0.364. The number of primary amides is 1. The Bertz CT molecular complexity index is 1090. The van der Waals surface area contributed by atoms with Crippen LogP contribution >= 0.6 is 40.4 Å². The number of aryl methyl sites for hydroxylation is 1. The fourth-order valence-corrected chi connectivity index (χ4v) is 4.28. The Morgan fingerprint density at radius 2 is 1.74 bits per heavy atom. The Kier molecular flexibility index (Phi) is 12.5. The number of anilines is 1. The van der Waals surface area contributed by atoms with Crippen LogP contribution in [-0.2, 0) is 24.3 Å². The van der Waals surface area contributed by atoms with Gasteiger partial charge >= 0.3 is 47.2 Å². The summed E-state index contributed by atoms with van der Waals surface area (Å²) >= 11 is -0.696. The topological polar surface area (TPSA) is 84.2 Å². The number of hydrogen-bond donors (Lipinski definition) is 1. The van der Waals surface area contributed by atoms with Gasteiger partial charge in [0.2, 0.25) is 5.91 Å². The predicted octanol–water partition coefficient (Wildman–Crippen LogP) is 6.79. The molecule has 12 heteroatoms. The molecule has 0 unspecified atom stereocenters. The average molecular weight is 598 g/mol. The van der Waals surface area contributed by atoms with E-state index in [1.165, 1.54) is 17.0 Å². The predicted molar refractivity (Wildman–Crippen MR) is 139 cm³/mol. The number of aromatic nitrogens is 1. The number of benzene rings is 2. The summed E-state index contributed by atoms with van der Waals surface area (Å²) in [5, 5.41) is 9.62. The summed E-state index contributed by atoms with van der Waals surface area (Å²) in [7, 11) is 15.0. The number of carbonyl (C=O) groups excluding carboxylic acids is 1. The van der Waals surface area contributed by atoms with Gasteiger partial charge in [0.25, 0.3) is 0 Å². The molecule has 7 nitrogen and oxygen atoms in total. The van der Waals surface area contributed by atoms with Crippen LogP contribution in [-0.4, -0.2) is 25.6 Å². The molecule has 0 aliphatic carbocycles. The number of nitrogens with zero attached hydrogens (tertiary/aromatic N) is 4. The van der Waals surface area contributed by atoms with Gasteiger partial charge in [-0.25, -0.2) is 4.57 Å². The van der Waals surface area contributed by atoms with Gasteiger partial charge in [-0.3, -0.25) is 4.79 Å². The standard InChI is InChI=1S/C22H27N5O2S.3ClH.Zn/c1-4-26(5-2)17-9-7-16(8-10-17)24-25-22-27(14-13-21(23)28)19-12-11-18(29-6-3)15-20(19)30-22;;;;/h7-12,15H,4-6,13-14H2,1-3H3,(H-,23,28);3*1H;/q;;;;+2/p-2. The first-order valence-electron chi connectivity index (χ1n) is 11.0. The van der Waals surface area contributed by atoms with Gasteiger partial charge in [-0.15, -0.1) is 0 Å². The summed E-state index contributed by atoms with van der Waals surface area (Å²) in [5.74, 6) is 0.464. The molecule has 34 heavy (non-hydrogen) atoms. The molecule has 0 aliphatic heterocycles. The second-order valence-electron chi connectivity index (χ2n) is 7.01. The molecule has 3 rings (SSSR count). The molecule has 0 fully saturated rings. The van der Waals surface area contributed by atoms with Gasteiger partial charge in [0.05, 0.1) is 22.8 Å². The van der Waals surface area contributed by atoms with E-state index in [-0.39, 0.29) is 12.3 Å². The van der Waals surface area contributed by atoms with Gasteiger partial charge < -0.3 is 15.4 Å². The van der Waals surface area contributed by atoms with E-state index in [9.17, 15) is 4.79 Å². The molecule has 3 aromatic rings. The molecule has 0 atom stereocenters. The normalized spacial score (nSPS) is 10.8. The number of azo groups is 1. The van der Waals surface area contributed by atoms with Crippen LogP contribution in [0.5, 0.6) is 5.75 Å². The quantitative estimate of drug-likeness (QED) is 0.159. The molecule has 0 aliphatic rings. The molecule has 1 heterocycles. The van der Waals surface area contributed by atoms with E-state index < -0.39 is 13.0 Å². The van der Waals surface area contributed by atoms with Gasteiger partial charge in [-0.1, -0.05) is 0 Å². The molecule has 2 aromatic carbocycles. The van der Waals surface area contributed by atoms with Crippen LogP contribution in [0.1, 0.15) is 27.2 Å². The van der Waals surface area contributed by atoms with Crippen LogP contribution in [0, 0.1) is 0 Å². The van der Waals surface area contributed by atoms with E-state index in [4.69, 9.17) is 39.5 Å². The second kappa shape index (κ2) is 14.8. The van der Waals surface area contributed by atoms with E-state index in [0.29, 0.717) is 18.3 Å². The number of halogens is 3. The summed E-state index contributed by atoms with van der Waals surface area (Å²) < 4.78 is 8.61. The Morgan fingerprint density at radius 1 is 1.09 bits per heavy atom.